The van der Waals surface area contributed by atoms with E-state index in [0.717, 1.165) is 16.2 Å². The molecule has 0 heterocycles. The van der Waals surface area contributed by atoms with E-state index in [1.54, 1.807) is 0 Å². The number of hydrogen-bond acceptors (Lipinski definition) is 2. The highest BCUT2D eigenvalue weighted by Gasteiger charge is 2.27. The molecule has 2 aromatic carbocycles. The van der Waals surface area contributed by atoms with Crippen molar-refractivity contribution in [2.24, 2.45) is 0 Å². The Kier molecular flexibility index (Phi) is 7.23. The van der Waals surface area contributed by atoms with Crippen LogP contribution >= 0.6 is 25.3 Å². The van der Waals surface area contributed by atoms with Crippen molar-refractivity contribution >= 4 is 25.3 Å². The van der Waals surface area contributed by atoms with Gasteiger partial charge >= 0.3 is 0 Å². The van der Waals surface area contributed by atoms with Gasteiger partial charge in [0, 0.05) is 9.79 Å². The summed E-state index contributed by atoms with van der Waals surface area (Å²) in [6.07, 6.45) is 0.917. The van der Waals surface area contributed by atoms with E-state index in [-0.39, 0.29) is 21.7 Å². The van der Waals surface area contributed by atoms with Crippen molar-refractivity contribution in [2.75, 3.05) is 0 Å². The third-order valence-electron chi connectivity index (χ3n) is 5.98. The van der Waals surface area contributed by atoms with Crippen LogP contribution in [-0.4, -0.2) is 0 Å². The molecule has 0 bridgehead atoms. The third-order valence-corrected chi connectivity index (χ3v) is 6.94. The van der Waals surface area contributed by atoms with E-state index in [4.69, 9.17) is 25.3 Å². The Morgan fingerprint density at radius 2 is 0.645 bits per heavy atom. The van der Waals surface area contributed by atoms with Gasteiger partial charge in [-0.25, -0.2) is 0 Å². The van der Waals surface area contributed by atoms with E-state index < -0.39 is 0 Å². The number of benzene rings is 2. The Balaban J connectivity index is 2.73. The minimum Gasteiger partial charge on any atom is -0.143 e. The van der Waals surface area contributed by atoms with Crippen LogP contribution in [0.15, 0.2) is 34.1 Å². The standard InChI is InChI=1S/C29H44S2/c1-26(2,3)20-14-18(15-21(24(20)30)27(4,5)6)13-19-16-22(28(7,8)9)25(31)23(17-19)29(10,11)12/h14-17,30-31H,13H2,1-12H3. The summed E-state index contributed by atoms with van der Waals surface area (Å²) in [5, 5.41) is 0. The lowest BCUT2D eigenvalue weighted by Gasteiger charge is -2.30. The maximum Gasteiger partial charge on any atom is 0.0115 e. The fourth-order valence-electron chi connectivity index (χ4n) is 4.12. The highest BCUT2D eigenvalue weighted by atomic mass is 32.1. The van der Waals surface area contributed by atoms with Gasteiger partial charge in [-0.2, -0.15) is 0 Å². The fraction of sp³-hybridized carbons (Fsp3) is 0.586. The van der Waals surface area contributed by atoms with Crippen LogP contribution in [0.1, 0.15) is 116 Å². The van der Waals surface area contributed by atoms with Crippen LogP contribution in [0.5, 0.6) is 0 Å². The number of rotatable bonds is 2. The number of hydrogen-bond donors (Lipinski definition) is 2. The SMILES string of the molecule is CC(C)(C)c1cc(Cc2cc(C(C)(C)C)c(S)c(C(C)(C)C)c2)cc(C(C)(C)C)c1S. The zero-order valence-corrected chi connectivity index (χ0v) is 23.7. The van der Waals surface area contributed by atoms with Crippen molar-refractivity contribution in [3.63, 3.8) is 0 Å². The molecule has 0 atom stereocenters. The van der Waals surface area contributed by atoms with Gasteiger partial charge in [-0.3, -0.25) is 0 Å². The maximum atomic E-state index is 4.98. The summed E-state index contributed by atoms with van der Waals surface area (Å²) in [6.45, 7) is 27.4. The molecule has 0 aliphatic carbocycles. The van der Waals surface area contributed by atoms with Crippen LogP contribution in [0.2, 0.25) is 0 Å². The third kappa shape index (κ3) is 6.14. The van der Waals surface area contributed by atoms with E-state index in [1.807, 2.05) is 0 Å². The highest BCUT2D eigenvalue weighted by Crippen LogP contribution is 2.40. The highest BCUT2D eigenvalue weighted by molar-refractivity contribution is 7.80. The average Bonchev–Trinajstić information content (AvgIpc) is 2.53. The van der Waals surface area contributed by atoms with Crippen molar-refractivity contribution in [1.82, 2.24) is 0 Å². The van der Waals surface area contributed by atoms with Crippen LogP contribution < -0.4 is 0 Å². The molecular formula is C29H44S2. The summed E-state index contributed by atoms with van der Waals surface area (Å²) in [5.41, 5.74) is 8.24. The number of thiol groups is 2. The van der Waals surface area contributed by atoms with Gasteiger partial charge in [0.15, 0.2) is 0 Å². The van der Waals surface area contributed by atoms with Crippen molar-refractivity contribution in [2.45, 2.75) is 121 Å². The Morgan fingerprint density at radius 3 is 0.806 bits per heavy atom. The molecule has 31 heavy (non-hydrogen) atoms. The molecule has 2 heteroatoms. The molecule has 0 unspecified atom stereocenters. The summed E-state index contributed by atoms with van der Waals surface area (Å²) in [7, 11) is 0. The normalized spacial score (nSPS) is 13.6. The summed E-state index contributed by atoms with van der Waals surface area (Å²) in [4.78, 5) is 2.28. The Morgan fingerprint density at radius 1 is 0.452 bits per heavy atom. The molecule has 0 spiro atoms. The molecule has 0 saturated heterocycles. The molecule has 2 rings (SSSR count). The molecule has 0 aliphatic heterocycles. The van der Waals surface area contributed by atoms with Crippen molar-refractivity contribution in [3.8, 4) is 0 Å². The first-order valence-electron chi connectivity index (χ1n) is 11.5. The molecule has 172 valence electrons. The maximum absolute atomic E-state index is 4.98. The molecule has 0 saturated carbocycles. The molecule has 0 amide bonds. The van der Waals surface area contributed by atoms with Crippen LogP contribution in [0, 0.1) is 0 Å². The van der Waals surface area contributed by atoms with E-state index in [2.05, 4.69) is 107 Å². The van der Waals surface area contributed by atoms with Gasteiger partial charge in [-0.15, -0.1) is 25.3 Å². The summed E-state index contributed by atoms with van der Waals surface area (Å²) in [5.74, 6) is 0. The van der Waals surface area contributed by atoms with Gasteiger partial charge < -0.3 is 0 Å². The van der Waals surface area contributed by atoms with Gasteiger partial charge in [0.1, 0.15) is 0 Å². The van der Waals surface area contributed by atoms with Gasteiger partial charge in [0.25, 0.3) is 0 Å². The Hall–Kier alpha value is -0.860. The first-order valence-corrected chi connectivity index (χ1v) is 12.4. The molecular weight excluding hydrogens is 412 g/mol. The summed E-state index contributed by atoms with van der Waals surface area (Å²) in [6, 6.07) is 9.50. The predicted octanol–water partition coefficient (Wildman–Crippen LogP) is 9.04. The smallest absolute Gasteiger partial charge is 0.0115 e. The second-order valence-electron chi connectivity index (χ2n) is 13.3. The van der Waals surface area contributed by atoms with Gasteiger partial charge in [0.2, 0.25) is 0 Å². The van der Waals surface area contributed by atoms with Crippen molar-refractivity contribution in [3.05, 3.63) is 57.6 Å². The fourth-order valence-corrected chi connectivity index (χ4v) is 5.72. The van der Waals surface area contributed by atoms with Crippen LogP contribution in [0.25, 0.3) is 0 Å². The average molecular weight is 457 g/mol. The quantitative estimate of drug-likeness (QED) is 0.414. The van der Waals surface area contributed by atoms with E-state index in [9.17, 15) is 0 Å². The molecule has 0 aliphatic rings. The Labute approximate surface area is 203 Å². The van der Waals surface area contributed by atoms with E-state index >= 15 is 0 Å². The second kappa shape index (κ2) is 8.49. The summed E-state index contributed by atoms with van der Waals surface area (Å²) < 4.78 is 0. The van der Waals surface area contributed by atoms with Crippen molar-refractivity contribution in [1.29, 1.82) is 0 Å². The van der Waals surface area contributed by atoms with E-state index in [0.29, 0.717) is 0 Å². The van der Waals surface area contributed by atoms with E-state index in [1.165, 1.54) is 33.4 Å². The molecule has 0 radical (unpaired) electrons. The lowest BCUT2D eigenvalue weighted by molar-refractivity contribution is 0.544. The van der Waals surface area contributed by atoms with Gasteiger partial charge in [-0.1, -0.05) is 107 Å². The van der Waals surface area contributed by atoms with Crippen LogP contribution in [-0.2, 0) is 28.1 Å². The zero-order valence-electron chi connectivity index (χ0n) is 21.9. The minimum absolute atomic E-state index is 0.0508. The Bertz CT molecular complexity index is 803. The monoisotopic (exact) mass is 456 g/mol. The van der Waals surface area contributed by atoms with Crippen molar-refractivity contribution < 1.29 is 0 Å². The van der Waals surface area contributed by atoms with Gasteiger partial charge in [-0.05, 0) is 61.5 Å². The summed E-state index contributed by atoms with van der Waals surface area (Å²) >= 11 is 9.97. The topological polar surface area (TPSA) is 0 Å². The lowest BCUT2D eigenvalue weighted by atomic mass is 9.77. The first kappa shape index (κ1) is 26.4. The second-order valence-corrected chi connectivity index (χ2v) is 14.2. The predicted molar refractivity (Wildman–Crippen MR) is 145 cm³/mol. The largest absolute Gasteiger partial charge is 0.143 e. The zero-order chi connectivity index (χ0) is 24.2. The minimum atomic E-state index is 0.0508. The molecule has 0 nitrogen and oxygen atoms in total. The molecule has 0 N–H and O–H groups in total. The van der Waals surface area contributed by atoms with Gasteiger partial charge in [0.05, 0.1) is 0 Å². The van der Waals surface area contributed by atoms with Crippen LogP contribution in [0.3, 0.4) is 0 Å². The lowest BCUT2D eigenvalue weighted by Crippen LogP contribution is -2.20. The molecule has 0 fully saturated rings. The molecule has 2 aromatic rings. The van der Waals surface area contributed by atoms with Crippen LogP contribution in [0.4, 0.5) is 0 Å². The first-order chi connectivity index (χ1) is 13.7. The molecule has 0 aromatic heterocycles.